The Bertz CT molecular complexity index is 578. The summed E-state index contributed by atoms with van der Waals surface area (Å²) in [6.45, 7) is 0. The summed E-state index contributed by atoms with van der Waals surface area (Å²) in [7, 11) is 0. The zero-order chi connectivity index (χ0) is 12.7. The van der Waals surface area contributed by atoms with Crippen LogP contribution in [0.4, 0.5) is 4.39 Å². The molecule has 1 aliphatic carbocycles. The first kappa shape index (κ1) is 12.3. The lowest BCUT2D eigenvalue weighted by Crippen LogP contribution is -2.06. The molecule has 5 heteroatoms. The molecule has 1 atom stereocenters. The Hall–Kier alpha value is -0.780. The van der Waals surface area contributed by atoms with E-state index in [9.17, 15) is 9.50 Å². The summed E-state index contributed by atoms with van der Waals surface area (Å²) >= 11 is 4.75. The molecule has 0 spiro atoms. The molecule has 1 aliphatic rings. The van der Waals surface area contributed by atoms with Crippen molar-refractivity contribution < 1.29 is 9.50 Å². The number of rotatable bonds is 1. The van der Waals surface area contributed by atoms with Crippen molar-refractivity contribution >= 4 is 27.3 Å². The number of halogens is 2. The predicted molar refractivity (Wildman–Crippen MR) is 73.1 cm³/mol. The molecule has 0 fully saturated rings. The average molecular weight is 328 g/mol. The van der Waals surface area contributed by atoms with Crippen molar-refractivity contribution in [2.24, 2.45) is 0 Å². The predicted octanol–water partition coefficient (Wildman–Crippen LogP) is 4.08. The second-order valence-electron chi connectivity index (χ2n) is 4.40. The van der Waals surface area contributed by atoms with Crippen LogP contribution in [0.3, 0.4) is 0 Å². The number of thiazole rings is 1. The lowest BCUT2D eigenvalue weighted by molar-refractivity contribution is 0.160. The Morgan fingerprint density at radius 3 is 2.94 bits per heavy atom. The van der Waals surface area contributed by atoms with Crippen LogP contribution in [-0.2, 0) is 6.42 Å². The van der Waals surface area contributed by atoms with Crippen LogP contribution >= 0.6 is 27.3 Å². The van der Waals surface area contributed by atoms with Crippen molar-refractivity contribution in [3.63, 3.8) is 0 Å². The monoisotopic (exact) mass is 327 g/mol. The number of fused-ring (bicyclic) bond motifs is 1. The standard InChI is InChI=1S/C13H11BrFNOS/c14-8-4-7(5-9(15)6-8)13-16-10-2-1-3-11(17)12(10)18-13/h4-6,11,17H,1-3H2. The lowest BCUT2D eigenvalue weighted by atomic mass is 10.0. The highest BCUT2D eigenvalue weighted by Gasteiger charge is 2.23. The third kappa shape index (κ3) is 2.22. The molecular formula is C13H11BrFNOS. The zero-order valence-corrected chi connectivity index (χ0v) is 11.9. The first-order chi connectivity index (χ1) is 8.63. The minimum Gasteiger partial charge on any atom is -0.388 e. The number of hydrogen-bond donors (Lipinski definition) is 1. The van der Waals surface area contributed by atoms with Gasteiger partial charge in [0.05, 0.1) is 16.7 Å². The van der Waals surface area contributed by atoms with Gasteiger partial charge in [0.25, 0.3) is 0 Å². The van der Waals surface area contributed by atoms with Gasteiger partial charge in [0.1, 0.15) is 10.8 Å². The summed E-state index contributed by atoms with van der Waals surface area (Å²) < 4.78 is 14.1. The number of hydrogen-bond acceptors (Lipinski definition) is 3. The molecule has 0 radical (unpaired) electrons. The van der Waals surface area contributed by atoms with E-state index in [1.54, 1.807) is 0 Å². The maximum absolute atomic E-state index is 13.4. The van der Waals surface area contributed by atoms with Gasteiger partial charge in [0, 0.05) is 10.0 Å². The van der Waals surface area contributed by atoms with E-state index in [0.717, 1.165) is 40.4 Å². The Labute approximate surface area is 117 Å². The maximum atomic E-state index is 13.4. The Kier molecular flexibility index (Phi) is 3.21. The number of aromatic nitrogens is 1. The fourth-order valence-corrected chi connectivity index (χ4v) is 3.78. The quantitative estimate of drug-likeness (QED) is 0.856. The second kappa shape index (κ2) is 4.72. The molecule has 1 aromatic heterocycles. The highest BCUT2D eigenvalue weighted by Crippen LogP contribution is 2.38. The summed E-state index contributed by atoms with van der Waals surface area (Å²) in [5, 5.41) is 10.7. The molecule has 0 saturated heterocycles. The number of aliphatic hydroxyl groups excluding tert-OH is 1. The molecule has 1 heterocycles. The van der Waals surface area contributed by atoms with Gasteiger partial charge in [-0.05, 0) is 37.5 Å². The summed E-state index contributed by atoms with van der Waals surface area (Å²) in [4.78, 5) is 5.47. The number of aliphatic hydroxyl groups is 1. The smallest absolute Gasteiger partial charge is 0.125 e. The molecule has 1 aromatic carbocycles. The van der Waals surface area contributed by atoms with Crippen LogP contribution in [0.5, 0.6) is 0 Å². The topological polar surface area (TPSA) is 33.1 Å². The third-order valence-electron chi connectivity index (χ3n) is 3.03. The van der Waals surface area contributed by atoms with Crippen molar-refractivity contribution in [2.75, 3.05) is 0 Å². The summed E-state index contributed by atoms with van der Waals surface area (Å²) in [5.41, 5.74) is 1.72. The molecule has 3 rings (SSSR count). The van der Waals surface area contributed by atoms with Gasteiger partial charge in [0.15, 0.2) is 0 Å². The molecule has 2 nitrogen and oxygen atoms in total. The molecule has 18 heavy (non-hydrogen) atoms. The highest BCUT2D eigenvalue weighted by molar-refractivity contribution is 9.10. The van der Waals surface area contributed by atoms with E-state index in [2.05, 4.69) is 20.9 Å². The van der Waals surface area contributed by atoms with Gasteiger partial charge < -0.3 is 5.11 Å². The van der Waals surface area contributed by atoms with Crippen LogP contribution in [0.2, 0.25) is 0 Å². The molecule has 0 aliphatic heterocycles. The van der Waals surface area contributed by atoms with E-state index in [4.69, 9.17) is 0 Å². The zero-order valence-electron chi connectivity index (χ0n) is 9.49. The molecular weight excluding hydrogens is 317 g/mol. The van der Waals surface area contributed by atoms with E-state index in [0.29, 0.717) is 4.47 Å². The molecule has 0 saturated carbocycles. The Morgan fingerprint density at radius 2 is 2.22 bits per heavy atom. The fourth-order valence-electron chi connectivity index (χ4n) is 2.20. The van der Waals surface area contributed by atoms with Crippen molar-refractivity contribution in [2.45, 2.75) is 25.4 Å². The van der Waals surface area contributed by atoms with E-state index in [1.165, 1.54) is 23.5 Å². The summed E-state index contributed by atoms with van der Waals surface area (Å²) in [6.07, 6.45) is 2.25. The molecule has 0 bridgehead atoms. The van der Waals surface area contributed by atoms with E-state index in [-0.39, 0.29) is 5.82 Å². The van der Waals surface area contributed by atoms with Crippen LogP contribution in [0.25, 0.3) is 10.6 Å². The largest absolute Gasteiger partial charge is 0.388 e. The van der Waals surface area contributed by atoms with Crippen LogP contribution in [0.15, 0.2) is 22.7 Å². The first-order valence-electron chi connectivity index (χ1n) is 5.77. The lowest BCUT2D eigenvalue weighted by Gasteiger charge is -2.14. The van der Waals surface area contributed by atoms with E-state index in [1.807, 2.05) is 6.07 Å². The minimum atomic E-state index is -0.406. The average Bonchev–Trinajstić information content (AvgIpc) is 2.73. The summed E-state index contributed by atoms with van der Waals surface area (Å²) in [6, 6.07) is 4.74. The van der Waals surface area contributed by atoms with Gasteiger partial charge in [-0.15, -0.1) is 11.3 Å². The third-order valence-corrected chi connectivity index (χ3v) is 4.74. The van der Waals surface area contributed by atoms with Crippen LogP contribution in [-0.4, -0.2) is 10.1 Å². The van der Waals surface area contributed by atoms with Gasteiger partial charge >= 0.3 is 0 Å². The molecule has 0 amide bonds. The highest BCUT2D eigenvalue weighted by atomic mass is 79.9. The number of benzene rings is 1. The number of nitrogens with zero attached hydrogens (tertiary/aromatic N) is 1. The van der Waals surface area contributed by atoms with Crippen LogP contribution < -0.4 is 0 Å². The Morgan fingerprint density at radius 1 is 1.39 bits per heavy atom. The van der Waals surface area contributed by atoms with E-state index >= 15 is 0 Å². The SMILES string of the molecule is OC1CCCc2nc(-c3cc(F)cc(Br)c3)sc21. The second-order valence-corrected chi connectivity index (χ2v) is 6.34. The molecule has 1 unspecified atom stereocenters. The van der Waals surface area contributed by atoms with Gasteiger partial charge in [0.2, 0.25) is 0 Å². The van der Waals surface area contributed by atoms with Crippen molar-refractivity contribution in [3.05, 3.63) is 39.1 Å². The van der Waals surface area contributed by atoms with Crippen LogP contribution in [0, 0.1) is 5.82 Å². The molecule has 2 aromatic rings. The first-order valence-corrected chi connectivity index (χ1v) is 7.38. The normalized spacial score (nSPS) is 18.7. The summed E-state index contributed by atoms with van der Waals surface area (Å²) in [5.74, 6) is -0.284. The maximum Gasteiger partial charge on any atom is 0.125 e. The van der Waals surface area contributed by atoms with Crippen molar-refractivity contribution in [3.8, 4) is 10.6 Å². The van der Waals surface area contributed by atoms with Crippen molar-refractivity contribution in [1.82, 2.24) is 4.98 Å². The van der Waals surface area contributed by atoms with Gasteiger partial charge in [-0.1, -0.05) is 15.9 Å². The minimum absolute atomic E-state index is 0.284. The van der Waals surface area contributed by atoms with Crippen LogP contribution in [0.1, 0.15) is 29.5 Å². The van der Waals surface area contributed by atoms with E-state index < -0.39 is 6.10 Å². The van der Waals surface area contributed by atoms with Gasteiger partial charge in [-0.3, -0.25) is 0 Å². The molecule has 1 N–H and O–H groups in total. The number of aryl methyl sites for hydroxylation is 1. The van der Waals surface area contributed by atoms with Gasteiger partial charge in [-0.25, -0.2) is 9.37 Å². The fraction of sp³-hybridized carbons (Fsp3) is 0.308. The van der Waals surface area contributed by atoms with Crippen molar-refractivity contribution in [1.29, 1.82) is 0 Å². The van der Waals surface area contributed by atoms with Gasteiger partial charge in [-0.2, -0.15) is 0 Å². The Balaban J connectivity index is 2.07. The molecule has 94 valence electrons.